The first-order valence-corrected chi connectivity index (χ1v) is 5.90. The summed E-state index contributed by atoms with van der Waals surface area (Å²) in [5.74, 6) is 0.287. The minimum absolute atomic E-state index is 0.0648. The fraction of sp³-hybridized carbons (Fsp3) is 0.500. The summed E-state index contributed by atoms with van der Waals surface area (Å²) in [5.41, 5.74) is 0.311. The van der Waals surface area contributed by atoms with Crippen molar-refractivity contribution in [2.75, 3.05) is 26.8 Å². The number of aliphatic hydroxyl groups is 1. The molecule has 0 aromatic heterocycles. The molecule has 1 aromatic carbocycles. The van der Waals surface area contributed by atoms with Crippen molar-refractivity contribution in [3.63, 3.8) is 0 Å². The predicted octanol–water partition coefficient (Wildman–Crippen LogP) is 1.66. The number of non-ortho nitro benzene ring substituents is 1. The lowest BCUT2D eigenvalue weighted by atomic mass is 10.1. The third-order valence-electron chi connectivity index (χ3n) is 2.62. The fourth-order valence-corrected chi connectivity index (χ4v) is 1.79. The van der Waals surface area contributed by atoms with E-state index in [2.05, 4.69) is 0 Å². The number of benzene rings is 1. The monoisotopic (exact) mass is 290 g/mol. The van der Waals surface area contributed by atoms with E-state index in [4.69, 9.17) is 9.84 Å². The minimum atomic E-state index is -2.54. The van der Waals surface area contributed by atoms with Crippen LogP contribution in [-0.2, 0) is 6.54 Å². The van der Waals surface area contributed by atoms with E-state index in [9.17, 15) is 18.9 Å². The molecule has 1 rings (SSSR count). The van der Waals surface area contributed by atoms with Crippen LogP contribution in [0.4, 0.5) is 14.5 Å². The van der Waals surface area contributed by atoms with Gasteiger partial charge in [0.05, 0.1) is 31.3 Å². The second-order valence-corrected chi connectivity index (χ2v) is 4.15. The summed E-state index contributed by atoms with van der Waals surface area (Å²) in [6.45, 7) is -0.636. The highest BCUT2D eigenvalue weighted by Gasteiger charge is 2.15. The summed E-state index contributed by atoms with van der Waals surface area (Å²) in [5, 5.41) is 19.6. The molecule has 0 amide bonds. The number of methoxy groups -OCH3 is 1. The fourth-order valence-electron chi connectivity index (χ4n) is 1.79. The Morgan fingerprint density at radius 3 is 2.65 bits per heavy atom. The highest BCUT2D eigenvalue weighted by molar-refractivity contribution is 5.42. The van der Waals surface area contributed by atoms with Crippen LogP contribution in [0.25, 0.3) is 0 Å². The summed E-state index contributed by atoms with van der Waals surface area (Å²) in [7, 11) is 1.37. The largest absolute Gasteiger partial charge is 0.496 e. The molecule has 20 heavy (non-hydrogen) atoms. The minimum Gasteiger partial charge on any atom is -0.496 e. The molecular weight excluding hydrogens is 274 g/mol. The van der Waals surface area contributed by atoms with Gasteiger partial charge in [0.1, 0.15) is 5.75 Å². The van der Waals surface area contributed by atoms with Gasteiger partial charge >= 0.3 is 0 Å². The summed E-state index contributed by atoms with van der Waals surface area (Å²) < 4.78 is 29.8. The first kappa shape index (κ1) is 16.3. The first-order valence-electron chi connectivity index (χ1n) is 5.90. The molecule has 0 bridgehead atoms. The van der Waals surface area contributed by atoms with Crippen LogP contribution < -0.4 is 4.74 Å². The summed E-state index contributed by atoms with van der Waals surface area (Å²) in [6, 6.07) is 4.11. The van der Waals surface area contributed by atoms with E-state index in [1.807, 2.05) is 0 Å². The first-order chi connectivity index (χ1) is 9.46. The normalized spacial score (nSPS) is 11.1. The standard InChI is InChI=1S/C12H16F2N2O4/c1-20-11-5-9(4-10(6-11)16(18)19)7-15(2-3-17)8-12(13)14/h4-6,12,17H,2-3,7-8H2,1H3. The number of alkyl halides is 2. The van der Waals surface area contributed by atoms with Crippen molar-refractivity contribution in [1.82, 2.24) is 4.90 Å². The zero-order valence-corrected chi connectivity index (χ0v) is 11.0. The van der Waals surface area contributed by atoms with Crippen molar-refractivity contribution in [1.29, 1.82) is 0 Å². The van der Waals surface area contributed by atoms with Gasteiger partial charge in [-0.3, -0.25) is 15.0 Å². The molecular formula is C12H16F2N2O4. The number of rotatable bonds is 8. The van der Waals surface area contributed by atoms with Crippen molar-refractivity contribution in [2.45, 2.75) is 13.0 Å². The molecule has 0 atom stereocenters. The van der Waals surface area contributed by atoms with Crippen molar-refractivity contribution in [3.8, 4) is 5.75 Å². The molecule has 0 unspecified atom stereocenters. The Labute approximate surface area is 114 Å². The summed E-state index contributed by atoms with van der Waals surface area (Å²) >= 11 is 0. The smallest absolute Gasteiger partial charge is 0.273 e. The van der Waals surface area contributed by atoms with Crippen molar-refractivity contribution >= 4 is 5.69 Å². The van der Waals surface area contributed by atoms with Gasteiger partial charge in [-0.05, 0) is 11.6 Å². The van der Waals surface area contributed by atoms with Crippen LogP contribution in [0.3, 0.4) is 0 Å². The average molecular weight is 290 g/mol. The lowest BCUT2D eigenvalue weighted by Gasteiger charge is -2.20. The van der Waals surface area contributed by atoms with Crippen molar-refractivity contribution in [2.24, 2.45) is 0 Å². The maximum absolute atomic E-state index is 12.4. The lowest BCUT2D eigenvalue weighted by molar-refractivity contribution is -0.385. The number of nitro benzene ring substituents is 1. The van der Waals surface area contributed by atoms with Gasteiger partial charge < -0.3 is 9.84 Å². The third-order valence-corrected chi connectivity index (χ3v) is 2.62. The maximum Gasteiger partial charge on any atom is 0.273 e. The number of hydrogen-bond acceptors (Lipinski definition) is 5. The predicted molar refractivity (Wildman–Crippen MR) is 68.0 cm³/mol. The van der Waals surface area contributed by atoms with E-state index in [0.29, 0.717) is 5.56 Å². The molecule has 0 saturated heterocycles. The Hall–Kier alpha value is -1.80. The van der Waals surface area contributed by atoms with Crippen LogP contribution in [-0.4, -0.2) is 48.2 Å². The molecule has 0 fully saturated rings. The second kappa shape index (κ2) is 7.71. The Bertz CT molecular complexity index is 457. The van der Waals surface area contributed by atoms with E-state index in [0.717, 1.165) is 0 Å². The van der Waals surface area contributed by atoms with Crippen LogP contribution in [0, 0.1) is 10.1 Å². The van der Waals surface area contributed by atoms with Gasteiger partial charge in [-0.15, -0.1) is 0 Å². The van der Waals surface area contributed by atoms with Crippen LogP contribution in [0.5, 0.6) is 5.75 Å². The van der Waals surface area contributed by atoms with E-state index >= 15 is 0 Å². The average Bonchev–Trinajstić information content (AvgIpc) is 2.37. The SMILES string of the molecule is COc1cc(CN(CCO)CC(F)F)cc([N+](=O)[O-])c1. The molecule has 0 heterocycles. The molecule has 0 radical (unpaired) electrons. The van der Waals surface area contributed by atoms with Crippen LogP contribution >= 0.6 is 0 Å². The number of aliphatic hydroxyl groups excluding tert-OH is 1. The Morgan fingerprint density at radius 2 is 2.15 bits per heavy atom. The number of halogens is 2. The number of nitrogens with zero attached hydrogens (tertiary/aromatic N) is 2. The van der Waals surface area contributed by atoms with Crippen LogP contribution in [0.2, 0.25) is 0 Å². The van der Waals surface area contributed by atoms with Crippen LogP contribution in [0.15, 0.2) is 18.2 Å². The van der Waals surface area contributed by atoms with Gasteiger partial charge in [-0.2, -0.15) is 0 Å². The van der Waals surface area contributed by atoms with Gasteiger partial charge in [0.25, 0.3) is 12.1 Å². The Balaban J connectivity index is 2.92. The number of nitro groups is 1. The molecule has 0 spiro atoms. The van der Waals surface area contributed by atoms with E-state index in [-0.39, 0.29) is 31.1 Å². The summed E-state index contributed by atoms with van der Waals surface area (Å²) in [4.78, 5) is 11.5. The molecule has 112 valence electrons. The van der Waals surface area contributed by atoms with E-state index < -0.39 is 17.9 Å². The molecule has 1 N–H and O–H groups in total. The molecule has 0 aliphatic carbocycles. The maximum atomic E-state index is 12.4. The molecule has 0 aliphatic heterocycles. The molecule has 0 saturated carbocycles. The van der Waals surface area contributed by atoms with Gasteiger partial charge in [-0.1, -0.05) is 0 Å². The third kappa shape index (κ3) is 5.06. The van der Waals surface area contributed by atoms with Gasteiger partial charge in [0, 0.05) is 19.2 Å². The molecule has 8 heteroatoms. The van der Waals surface area contributed by atoms with Gasteiger partial charge in [0.2, 0.25) is 0 Å². The summed E-state index contributed by atoms with van der Waals surface area (Å²) in [6.07, 6.45) is -2.54. The number of ether oxygens (including phenoxy) is 1. The topological polar surface area (TPSA) is 75.8 Å². The Morgan fingerprint density at radius 1 is 1.45 bits per heavy atom. The highest BCUT2D eigenvalue weighted by Crippen LogP contribution is 2.23. The van der Waals surface area contributed by atoms with Gasteiger partial charge in [-0.25, -0.2) is 8.78 Å². The lowest BCUT2D eigenvalue weighted by Crippen LogP contribution is -2.31. The van der Waals surface area contributed by atoms with Crippen LogP contribution in [0.1, 0.15) is 5.56 Å². The highest BCUT2D eigenvalue weighted by atomic mass is 19.3. The van der Waals surface area contributed by atoms with Crippen molar-refractivity contribution in [3.05, 3.63) is 33.9 Å². The zero-order chi connectivity index (χ0) is 15.1. The Kier molecular flexibility index (Phi) is 6.26. The van der Waals surface area contributed by atoms with E-state index in [1.165, 1.54) is 24.1 Å². The number of hydrogen-bond donors (Lipinski definition) is 1. The quantitative estimate of drug-likeness (QED) is 0.582. The van der Waals surface area contributed by atoms with Gasteiger partial charge in [0.15, 0.2) is 0 Å². The van der Waals surface area contributed by atoms with Crippen molar-refractivity contribution < 1.29 is 23.5 Å². The zero-order valence-electron chi connectivity index (χ0n) is 11.0. The van der Waals surface area contributed by atoms with E-state index in [1.54, 1.807) is 6.07 Å². The molecule has 6 nitrogen and oxygen atoms in total. The second-order valence-electron chi connectivity index (χ2n) is 4.15. The molecule has 1 aromatic rings. The molecule has 0 aliphatic rings.